The molecule has 0 saturated carbocycles. The largest absolute Gasteiger partial charge is 0.351 e. The molecule has 3 aromatic rings. The number of rotatable bonds is 6. The van der Waals surface area contributed by atoms with Gasteiger partial charge in [0.05, 0.1) is 15.1 Å². The van der Waals surface area contributed by atoms with Crippen molar-refractivity contribution in [1.82, 2.24) is 15.2 Å². The van der Waals surface area contributed by atoms with Gasteiger partial charge in [0.15, 0.2) is 5.13 Å². The number of anilines is 1. The van der Waals surface area contributed by atoms with Crippen molar-refractivity contribution in [2.24, 2.45) is 0 Å². The van der Waals surface area contributed by atoms with Crippen molar-refractivity contribution in [3.8, 4) is 0 Å². The number of carbonyl (C=O) groups excluding carboxylic acids is 1. The highest BCUT2D eigenvalue weighted by Crippen LogP contribution is 2.30. The lowest BCUT2D eigenvalue weighted by Crippen LogP contribution is -2.48. The molecule has 1 saturated heterocycles. The van der Waals surface area contributed by atoms with E-state index in [0.717, 1.165) is 43.4 Å². The molecule has 8 nitrogen and oxygen atoms in total. The van der Waals surface area contributed by atoms with Crippen LogP contribution in [-0.4, -0.2) is 60.0 Å². The van der Waals surface area contributed by atoms with E-state index in [-0.39, 0.29) is 11.6 Å². The molecule has 0 spiro atoms. The van der Waals surface area contributed by atoms with Crippen LogP contribution in [0.3, 0.4) is 0 Å². The summed E-state index contributed by atoms with van der Waals surface area (Å²) in [7, 11) is 0. The number of piperazine rings is 1. The fourth-order valence-corrected chi connectivity index (χ4v) is 4.66. The second kappa shape index (κ2) is 8.76. The van der Waals surface area contributed by atoms with E-state index in [4.69, 9.17) is 4.98 Å². The highest BCUT2D eigenvalue weighted by molar-refractivity contribution is 7.22. The van der Waals surface area contributed by atoms with E-state index in [0.29, 0.717) is 12.1 Å². The Balaban J connectivity index is 1.26. The molecule has 1 N–H and O–H groups in total. The molecule has 0 unspecified atom stereocenters. The third-order valence-corrected chi connectivity index (χ3v) is 6.37. The summed E-state index contributed by atoms with van der Waals surface area (Å²) in [5.74, 6) is -0.290. The summed E-state index contributed by atoms with van der Waals surface area (Å²) in [6, 6.07) is 12.1. The Bertz CT molecular complexity index is 1080. The first-order valence-electron chi connectivity index (χ1n) is 9.87. The van der Waals surface area contributed by atoms with Crippen LogP contribution in [-0.2, 0) is 0 Å². The van der Waals surface area contributed by atoms with Crippen LogP contribution in [0.4, 0.5) is 10.8 Å². The molecule has 1 fully saturated rings. The van der Waals surface area contributed by atoms with Gasteiger partial charge in [0.1, 0.15) is 0 Å². The van der Waals surface area contributed by atoms with Gasteiger partial charge in [0.25, 0.3) is 11.6 Å². The topological polar surface area (TPSA) is 91.6 Å². The normalized spacial score (nSPS) is 14.8. The lowest BCUT2D eigenvalue weighted by Gasteiger charge is -2.34. The van der Waals surface area contributed by atoms with Gasteiger partial charge >= 0.3 is 0 Å². The quantitative estimate of drug-likeness (QED) is 0.482. The zero-order chi connectivity index (χ0) is 21.1. The Hall–Kier alpha value is -3.04. The highest BCUT2D eigenvalue weighted by Gasteiger charge is 2.20. The molecule has 4 rings (SSSR count). The Morgan fingerprint density at radius 1 is 1.20 bits per heavy atom. The number of nitro benzene ring substituents is 1. The van der Waals surface area contributed by atoms with Gasteiger partial charge in [-0.05, 0) is 24.6 Å². The van der Waals surface area contributed by atoms with Crippen LogP contribution in [0.25, 0.3) is 10.2 Å². The molecule has 156 valence electrons. The Kier molecular flexibility index (Phi) is 5.91. The Labute approximate surface area is 178 Å². The van der Waals surface area contributed by atoms with Gasteiger partial charge in [0.2, 0.25) is 0 Å². The van der Waals surface area contributed by atoms with E-state index in [1.54, 1.807) is 17.4 Å². The first-order chi connectivity index (χ1) is 14.5. The minimum atomic E-state index is -0.497. The maximum Gasteiger partial charge on any atom is 0.270 e. The number of hydrogen-bond acceptors (Lipinski definition) is 7. The molecule has 0 aliphatic carbocycles. The minimum Gasteiger partial charge on any atom is -0.351 e. The van der Waals surface area contributed by atoms with Crippen molar-refractivity contribution in [2.45, 2.75) is 6.92 Å². The van der Waals surface area contributed by atoms with Crippen molar-refractivity contribution < 1.29 is 9.72 Å². The van der Waals surface area contributed by atoms with Crippen LogP contribution in [0.2, 0.25) is 0 Å². The molecule has 1 amide bonds. The third kappa shape index (κ3) is 4.42. The number of hydrogen-bond donors (Lipinski definition) is 1. The molecule has 1 aliphatic heterocycles. The number of nitrogens with zero attached hydrogens (tertiary/aromatic N) is 4. The van der Waals surface area contributed by atoms with Crippen LogP contribution in [0.15, 0.2) is 42.5 Å². The van der Waals surface area contributed by atoms with E-state index in [1.807, 2.05) is 0 Å². The summed E-state index contributed by atoms with van der Waals surface area (Å²) >= 11 is 1.73. The molecule has 0 atom stereocenters. The summed E-state index contributed by atoms with van der Waals surface area (Å²) in [6.07, 6.45) is 0. The second-order valence-electron chi connectivity index (χ2n) is 7.31. The lowest BCUT2D eigenvalue weighted by molar-refractivity contribution is -0.384. The summed E-state index contributed by atoms with van der Waals surface area (Å²) in [5.41, 5.74) is 2.51. The van der Waals surface area contributed by atoms with E-state index in [9.17, 15) is 14.9 Å². The molecule has 1 aliphatic rings. The van der Waals surface area contributed by atoms with E-state index in [1.165, 1.54) is 28.5 Å². The van der Waals surface area contributed by atoms with Gasteiger partial charge in [-0.1, -0.05) is 29.5 Å². The average Bonchev–Trinajstić information content (AvgIpc) is 3.20. The van der Waals surface area contributed by atoms with Crippen LogP contribution in [0.1, 0.15) is 15.9 Å². The molecular formula is C21H23N5O3S. The average molecular weight is 426 g/mol. The van der Waals surface area contributed by atoms with Crippen LogP contribution < -0.4 is 10.2 Å². The molecule has 9 heteroatoms. The number of non-ortho nitro benzene ring substituents is 1. The van der Waals surface area contributed by atoms with Gasteiger partial charge in [-0.2, -0.15) is 0 Å². The number of nitro groups is 1. The first kappa shape index (κ1) is 20.2. The minimum absolute atomic E-state index is 0.0798. The van der Waals surface area contributed by atoms with E-state index in [2.05, 4.69) is 40.2 Å². The van der Waals surface area contributed by atoms with Crippen molar-refractivity contribution >= 4 is 38.3 Å². The van der Waals surface area contributed by atoms with Crippen molar-refractivity contribution in [2.75, 3.05) is 44.2 Å². The number of benzene rings is 2. The molecule has 0 radical (unpaired) electrons. The number of amides is 1. The molecule has 0 bridgehead atoms. The molecule has 1 aromatic heterocycles. The van der Waals surface area contributed by atoms with E-state index < -0.39 is 4.92 Å². The van der Waals surface area contributed by atoms with Gasteiger partial charge in [-0.15, -0.1) is 0 Å². The number of para-hydroxylation sites is 1. The number of carbonyl (C=O) groups is 1. The molecule has 2 heterocycles. The molecule has 2 aromatic carbocycles. The lowest BCUT2D eigenvalue weighted by atomic mass is 10.2. The van der Waals surface area contributed by atoms with E-state index >= 15 is 0 Å². The van der Waals surface area contributed by atoms with Crippen LogP contribution in [0, 0.1) is 17.0 Å². The summed E-state index contributed by atoms with van der Waals surface area (Å²) in [5, 5.41) is 14.8. The number of aromatic nitrogens is 1. The standard InChI is InChI=1S/C21H23N5O3S/c1-15-4-2-7-18-19(15)23-21(30-18)25-12-10-24(11-13-25)9-8-22-20(27)16-5-3-6-17(14-16)26(28)29/h2-7,14H,8-13H2,1H3,(H,22,27). The third-order valence-electron chi connectivity index (χ3n) is 5.28. The zero-order valence-electron chi connectivity index (χ0n) is 16.7. The second-order valence-corrected chi connectivity index (χ2v) is 8.32. The maximum atomic E-state index is 12.2. The molecule has 30 heavy (non-hydrogen) atoms. The van der Waals surface area contributed by atoms with Gasteiger partial charge in [-0.25, -0.2) is 4.98 Å². The predicted octanol–water partition coefficient (Wildman–Crippen LogP) is 3.06. The fraction of sp³-hybridized carbons (Fsp3) is 0.333. The number of nitrogens with one attached hydrogen (secondary N) is 1. The number of fused-ring (bicyclic) bond motifs is 1. The maximum absolute atomic E-state index is 12.2. The van der Waals surface area contributed by atoms with Crippen LogP contribution in [0.5, 0.6) is 0 Å². The predicted molar refractivity (Wildman–Crippen MR) is 118 cm³/mol. The monoisotopic (exact) mass is 425 g/mol. The summed E-state index contributed by atoms with van der Waals surface area (Å²) in [4.78, 5) is 32.0. The first-order valence-corrected chi connectivity index (χ1v) is 10.7. The number of aryl methyl sites for hydroxylation is 1. The van der Waals surface area contributed by atoms with Gasteiger partial charge < -0.3 is 10.2 Å². The van der Waals surface area contributed by atoms with Gasteiger partial charge in [-0.3, -0.25) is 19.8 Å². The SMILES string of the molecule is Cc1cccc2sc(N3CCN(CCNC(=O)c4cccc([N+](=O)[O-])c4)CC3)nc12. The fourth-order valence-electron chi connectivity index (χ4n) is 3.56. The highest BCUT2D eigenvalue weighted by atomic mass is 32.1. The zero-order valence-corrected chi connectivity index (χ0v) is 17.5. The number of thiazole rings is 1. The Morgan fingerprint density at radius 3 is 2.70 bits per heavy atom. The summed E-state index contributed by atoms with van der Waals surface area (Å²) in [6.45, 7) is 6.94. The van der Waals surface area contributed by atoms with Crippen molar-refractivity contribution in [3.63, 3.8) is 0 Å². The summed E-state index contributed by atoms with van der Waals surface area (Å²) < 4.78 is 1.22. The van der Waals surface area contributed by atoms with Crippen LogP contribution >= 0.6 is 11.3 Å². The smallest absolute Gasteiger partial charge is 0.270 e. The Morgan fingerprint density at radius 2 is 1.97 bits per heavy atom. The van der Waals surface area contributed by atoms with Gasteiger partial charge in [0, 0.05) is 57.0 Å². The molecular weight excluding hydrogens is 402 g/mol. The van der Waals surface area contributed by atoms with Crippen molar-refractivity contribution in [1.29, 1.82) is 0 Å². The van der Waals surface area contributed by atoms with Crippen molar-refractivity contribution in [3.05, 3.63) is 63.7 Å².